The lowest BCUT2D eigenvalue weighted by Crippen LogP contribution is -2.56. The molecule has 1 N–H and O–H groups in total. The molecule has 2 aliphatic heterocycles. The summed E-state index contributed by atoms with van der Waals surface area (Å²) in [5, 5.41) is 4.28. The van der Waals surface area contributed by atoms with E-state index < -0.39 is 6.04 Å². The van der Waals surface area contributed by atoms with Crippen LogP contribution in [0.1, 0.15) is 24.8 Å². The van der Waals surface area contributed by atoms with Crippen molar-refractivity contribution in [1.82, 2.24) is 15.3 Å². The lowest BCUT2D eigenvalue weighted by molar-refractivity contribution is -0.198. The van der Waals surface area contributed by atoms with Gasteiger partial charge >= 0.3 is 0 Å². The lowest BCUT2D eigenvalue weighted by Gasteiger charge is -2.35. The molecule has 1 unspecified atom stereocenters. The summed E-state index contributed by atoms with van der Waals surface area (Å²) < 4.78 is 0. The number of carbonyl (C=O) groups is 2. The van der Waals surface area contributed by atoms with Crippen molar-refractivity contribution < 1.29 is 14.4 Å². The molecule has 0 aliphatic carbocycles. The first-order valence-electron chi connectivity index (χ1n) is 8.90. The Bertz CT molecular complexity index is 612. The Morgan fingerprint density at radius 3 is 2.84 bits per heavy atom. The number of carbonyl (C=O) groups excluding carboxylic acids is 2. The number of nitrogens with one attached hydrogen (secondary N) is 1. The molecule has 134 valence electrons. The summed E-state index contributed by atoms with van der Waals surface area (Å²) in [5.74, 6) is -0.191. The smallest absolute Gasteiger partial charge is 0.248 e. The van der Waals surface area contributed by atoms with Crippen molar-refractivity contribution in [2.75, 3.05) is 32.8 Å². The SMILES string of the molecule is O=C1NCCN(C/C=C/c2ccccc2)C1CC(=O)N1CCCCO1. The molecular formula is C19H25N3O3. The van der Waals surface area contributed by atoms with Crippen molar-refractivity contribution in [3.63, 3.8) is 0 Å². The Hall–Kier alpha value is -2.18. The molecule has 0 bridgehead atoms. The summed E-state index contributed by atoms with van der Waals surface area (Å²) in [6.07, 6.45) is 6.17. The van der Waals surface area contributed by atoms with Crippen LogP contribution < -0.4 is 5.32 Å². The lowest BCUT2D eigenvalue weighted by atomic mass is 10.1. The highest BCUT2D eigenvalue weighted by atomic mass is 16.7. The van der Waals surface area contributed by atoms with Crippen LogP contribution in [0.25, 0.3) is 6.08 Å². The molecule has 0 spiro atoms. The van der Waals surface area contributed by atoms with Crippen LogP contribution >= 0.6 is 0 Å². The van der Waals surface area contributed by atoms with Gasteiger partial charge in [-0.3, -0.25) is 19.3 Å². The van der Waals surface area contributed by atoms with Crippen molar-refractivity contribution in [2.24, 2.45) is 0 Å². The van der Waals surface area contributed by atoms with Crippen molar-refractivity contribution in [3.8, 4) is 0 Å². The second-order valence-corrected chi connectivity index (χ2v) is 6.36. The zero-order chi connectivity index (χ0) is 17.5. The van der Waals surface area contributed by atoms with E-state index in [1.165, 1.54) is 5.06 Å². The minimum absolute atomic E-state index is 0.0790. The van der Waals surface area contributed by atoms with Crippen molar-refractivity contribution in [1.29, 1.82) is 0 Å². The number of piperazine rings is 1. The first kappa shape index (κ1) is 17.6. The van der Waals surface area contributed by atoms with Crippen LogP contribution in [-0.4, -0.2) is 60.6 Å². The molecule has 1 atom stereocenters. The molecule has 0 aromatic heterocycles. The predicted molar refractivity (Wildman–Crippen MR) is 95.4 cm³/mol. The molecule has 2 aliphatic rings. The van der Waals surface area contributed by atoms with Gasteiger partial charge < -0.3 is 5.32 Å². The monoisotopic (exact) mass is 343 g/mol. The van der Waals surface area contributed by atoms with E-state index in [-0.39, 0.29) is 18.2 Å². The van der Waals surface area contributed by atoms with Crippen LogP contribution in [-0.2, 0) is 14.4 Å². The van der Waals surface area contributed by atoms with E-state index in [4.69, 9.17) is 4.84 Å². The average Bonchev–Trinajstić information content (AvgIpc) is 2.66. The minimum Gasteiger partial charge on any atom is -0.353 e. The molecule has 3 rings (SSSR count). The van der Waals surface area contributed by atoms with Crippen LogP contribution in [0.15, 0.2) is 36.4 Å². The Morgan fingerprint density at radius 2 is 2.08 bits per heavy atom. The van der Waals surface area contributed by atoms with Crippen LogP contribution in [0.2, 0.25) is 0 Å². The highest BCUT2D eigenvalue weighted by Gasteiger charge is 2.33. The van der Waals surface area contributed by atoms with Gasteiger partial charge in [0.05, 0.1) is 19.1 Å². The van der Waals surface area contributed by atoms with E-state index in [0.717, 1.165) is 24.9 Å². The van der Waals surface area contributed by atoms with E-state index in [9.17, 15) is 9.59 Å². The van der Waals surface area contributed by atoms with Gasteiger partial charge in [0, 0.05) is 26.2 Å². The summed E-state index contributed by atoms with van der Waals surface area (Å²) in [6.45, 7) is 3.18. The fourth-order valence-corrected chi connectivity index (χ4v) is 3.15. The molecule has 0 radical (unpaired) electrons. The number of nitrogens with zero attached hydrogens (tertiary/aromatic N) is 2. The minimum atomic E-state index is -0.438. The van der Waals surface area contributed by atoms with Crippen molar-refractivity contribution in [3.05, 3.63) is 42.0 Å². The van der Waals surface area contributed by atoms with E-state index in [0.29, 0.717) is 26.2 Å². The van der Waals surface area contributed by atoms with Gasteiger partial charge in [0.2, 0.25) is 11.8 Å². The van der Waals surface area contributed by atoms with E-state index >= 15 is 0 Å². The van der Waals surface area contributed by atoms with Gasteiger partial charge in [-0.15, -0.1) is 0 Å². The third-order valence-corrected chi connectivity index (χ3v) is 4.54. The highest BCUT2D eigenvalue weighted by Crippen LogP contribution is 2.14. The van der Waals surface area contributed by atoms with Crippen LogP contribution in [0.4, 0.5) is 0 Å². The summed E-state index contributed by atoms with van der Waals surface area (Å²) in [5.41, 5.74) is 1.12. The summed E-state index contributed by atoms with van der Waals surface area (Å²) in [7, 11) is 0. The standard InChI is InChI=1S/C19H25N3O3/c23-18(22-12-4-5-14-25-22)15-17-19(24)20-10-13-21(17)11-6-9-16-7-2-1-3-8-16/h1-3,6-9,17H,4-5,10-15H2,(H,20,24)/b9-6+. The third-order valence-electron chi connectivity index (χ3n) is 4.54. The van der Waals surface area contributed by atoms with Gasteiger partial charge in [0.25, 0.3) is 0 Å². The van der Waals surface area contributed by atoms with E-state index in [1.807, 2.05) is 42.5 Å². The van der Waals surface area contributed by atoms with Gasteiger partial charge in [-0.1, -0.05) is 42.5 Å². The first-order chi connectivity index (χ1) is 12.2. The number of hydrogen-bond acceptors (Lipinski definition) is 4. The molecule has 6 heteroatoms. The van der Waals surface area contributed by atoms with Gasteiger partial charge in [0.15, 0.2) is 0 Å². The normalized spacial score (nSPS) is 22.2. The quantitative estimate of drug-likeness (QED) is 0.879. The van der Waals surface area contributed by atoms with Crippen molar-refractivity contribution >= 4 is 17.9 Å². The fourth-order valence-electron chi connectivity index (χ4n) is 3.15. The van der Waals surface area contributed by atoms with Gasteiger partial charge in [-0.2, -0.15) is 0 Å². The van der Waals surface area contributed by atoms with Crippen LogP contribution in [0.3, 0.4) is 0 Å². The van der Waals surface area contributed by atoms with Gasteiger partial charge in [-0.25, -0.2) is 5.06 Å². The number of benzene rings is 1. The molecular weight excluding hydrogens is 318 g/mol. The summed E-state index contributed by atoms with van der Waals surface area (Å²) >= 11 is 0. The van der Waals surface area contributed by atoms with E-state index in [2.05, 4.69) is 10.2 Å². The van der Waals surface area contributed by atoms with Crippen molar-refractivity contribution in [2.45, 2.75) is 25.3 Å². The second-order valence-electron chi connectivity index (χ2n) is 6.36. The number of hydrogen-bond donors (Lipinski definition) is 1. The molecule has 1 aromatic carbocycles. The summed E-state index contributed by atoms with van der Waals surface area (Å²) in [4.78, 5) is 32.2. The number of rotatable bonds is 5. The highest BCUT2D eigenvalue weighted by molar-refractivity contribution is 5.88. The van der Waals surface area contributed by atoms with Gasteiger partial charge in [0.1, 0.15) is 0 Å². The predicted octanol–water partition coefficient (Wildman–Crippen LogP) is 1.44. The number of hydroxylamine groups is 2. The average molecular weight is 343 g/mol. The maximum atomic E-state index is 12.4. The zero-order valence-electron chi connectivity index (χ0n) is 14.4. The van der Waals surface area contributed by atoms with Crippen LogP contribution in [0.5, 0.6) is 0 Å². The Balaban J connectivity index is 1.59. The first-order valence-corrected chi connectivity index (χ1v) is 8.90. The molecule has 2 saturated heterocycles. The second kappa shape index (κ2) is 8.78. The maximum absolute atomic E-state index is 12.4. The molecule has 6 nitrogen and oxygen atoms in total. The zero-order valence-corrected chi connectivity index (χ0v) is 14.4. The molecule has 0 saturated carbocycles. The third kappa shape index (κ3) is 4.90. The molecule has 2 heterocycles. The maximum Gasteiger partial charge on any atom is 0.248 e. The van der Waals surface area contributed by atoms with E-state index in [1.54, 1.807) is 0 Å². The molecule has 2 amide bonds. The molecule has 2 fully saturated rings. The number of amides is 2. The Kier molecular flexibility index (Phi) is 6.19. The fraction of sp³-hybridized carbons (Fsp3) is 0.474. The summed E-state index contributed by atoms with van der Waals surface area (Å²) in [6, 6.07) is 9.60. The topological polar surface area (TPSA) is 61.9 Å². The largest absolute Gasteiger partial charge is 0.353 e. The van der Waals surface area contributed by atoms with Crippen LogP contribution in [0, 0.1) is 0 Å². The molecule has 25 heavy (non-hydrogen) atoms. The van der Waals surface area contributed by atoms with Gasteiger partial charge in [-0.05, 0) is 18.4 Å². The Labute approximate surface area is 148 Å². The Morgan fingerprint density at radius 1 is 1.24 bits per heavy atom. The molecule has 1 aromatic rings.